The van der Waals surface area contributed by atoms with E-state index in [-0.39, 0.29) is 0 Å². The average molecular weight is 180 g/mol. The topological polar surface area (TPSA) is 9.23 Å². The zero-order valence-corrected chi connectivity index (χ0v) is 8.81. The van der Waals surface area contributed by atoms with E-state index in [4.69, 9.17) is 4.74 Å². The normalized spacial score (nSPS) is 22.5. The second kappa shape index (κ2) is 5.23. The minimum Gasteiger partial charge on any atom is -0.378 e. The Kier molecular flexibility index (Phi) is 4.23. The Morgan fingerprint density at radius 3 is 2.77 bits per heavy atom. The zero-order valence-electron chi connectivity index (χ0n) is 8.81. The van der Waals surface area contributed by atoms with E-state index >= 15 is 0 Å². The van der Waals surface area contributed by atoms with Gasteiger partial charge in [0, 0.05) is 6.61 Å². The first-order valence-electron chi connectivity index (χ1n) is 5.26. The minimum absolute atomic E-state index is 0.430. The van der Waals surface area contributed by atoms with Gasteiger partial charge in [-0.05, 0) is 31.8 Å². The molecule has 0 aliphatic heterocycles. The van der Waals surface area contributed by atoms with Crippen LogP contribution >= 0.6 is 0 Å². The lowest BCUT2D eigenvalue weighted by atomic mass is 10.1. The van der Waals surface area contributed by atoms with Gasteiger partial charge in [-0.25, -0.2) is 0 Å². The van der Waals surface area contributed by atoms with Crippen LogP contribution in [0.3, 0.4) is 0 Å². The van der Waals surface area contributed by atoms with Crippen LogP contribution in [0.2, 0.25) is 0 Å². The number of ether oxygens (including phenoxy) is 1. The molecule has 0 saturated heterocycles. The first-order valence-corrected chi connectivity index (χ1v) is 5.26. The van der Waals surface area contributed by atoms with E-state index in [1.54, 1.807) is 5.57 Å². The Morgan fingerprint density at radius 1 is 1.46 bits per heavy atom. The van der Waals surface area contributed by atoms with Crippen molar-refractivity contribution in [1.82, 2.24) is 0 Å². The molecule has 0 fully saturated rings. The van der Waals surface area contributed by atoms with Gasteiger partial charge in [-0.3, -0.25) is 0 Å². The fourth-order valence-electron chi connectivity index (χ4n) is 2.01. The third kappa shape index (κ3) is 2.70. The third-order valence-corrected chi connectivity index (χ3v) is 2.58. The zero-order chi connectivity index (χ0) is 9.68. The lowest BCUT2D eigenvalue weighted by molar-refractivity contribution is 0.0705. The molecule has 0 heterocycles. The predicted octanol–water partition coefficient (Wildman–Crippen LogP) is 3.47. The van der Waals surface area contributed by atoms with Crippen molar-refractivity contribution in [2.45, 2.75) is 45.6 Å². The van der Waals surface area contributed by atoms with Crippen molar-refractivity contribution < 1.29 is 4.74 Å². The molecular formula is C12H20O. The summed E-state index contributed by atoms with van der Waals surface area (Å²) < 4.78 is 5.62. The van der Waals surface area contributed by atoms with Crippen molar-refractivity contribution >= 4 is 0 Å². The van der Waals surface area contributed by atoms with Gasteiger partial charge in [-0.2, -0.15) is 0 Å². The standard InChI is InChI=1S/C12H20O/c1-4-7-11-9-12(13-6-3)8-10(11)5-2/h5,12H,2,4,6-9H2,1,3H3/t12-/m0/s1. The molecule has 0 bridgehead atoms. The Hall–Kier alpha value is -0.560. The third-order valence-electron chi connectivity index (χ3n) is 2.58. The Bertz CT molecular complexity index is 203. The summed E-state index contributed by atoms with van der Waals surface area (Å²) in [5.74, 6) is 0. The van der Waals surface area contributed by atoms with Crippen LogP contribution in [0.15, 0.2) is 23.8 Å². The van der Waals surface area contributed by atoms with Gasteiger partial charge >= 0.3 is 0 Å². The van der Waals surface area contributed by atoms with Crippen LogP contribution in [0.1, 0.15) is 39.5 Å². The van der Waals surface area contributed by atoms with Crippen LogP contribution in [0.5, 0.6) is 0 Å². The fourth-order valence-corrected chi connectivity index (χ4v) is 2.01. The summed E-state index contributed by atoms with van der Waals surface area (Å²) in [5, 5.41) is 0. The van der Waals surface area contributed by atoms with Gasteiger partial charge in [-0.15, -0.1) is 0 Å². The van der Waals surface area contributed by atoms with Gasteiger partial charge in [0.25, 0.3) is 0 Å². The number of hydrogen-bond donors (Lipinski definition) is 0. The van der Waals surface area contributed by atoms with Crippen LogP contribution in [-0.2, 0) is 4.74 Å². The highest BCUT2D eigenvalue weighted by molar-refractivity contribution is 5.30. The molecule has 13 heavy (non-hydrogen) atoms. The Labute approximate surface area is 81.5 Å². The number of rotatable bonds is 5. The molecule has 74 valence electrons. The highest BCUT2D eigenvalue weighted by Crippen LogP contribution is 2.31. The SMILES string of the molecule is C=CC1=C(CCC)C[C@@H](OCC)C1. The Morgan fingerprint density at radius 2 is 2.23 bits per heavy atom. The van der Waals surface area contributed by atoms with Gasteiger partial charge in [0.15, 0.2) is 0 Å². The van der Waals surface area contributed by atoms with Crippen LogP contribution < -0.4 is 0 Å². The second-order valence-corrected chi connectivity index (χ2v) is 3.57. The van der Waals surface area contributed by atoms with Gasteiger partial charge in [0.2, 0.25) is 0 Å². The quantitative estimate of drug-likeness (QED) is 0.629. The molecule has 0 spiro atoms. The van der Waals surface area contributed by atoms with Crippen molar-refractivity contribution in [2.24, 2.45) is 0 Å². The largest absolute Gasteiger partial charge is 0.378 e. The molecule has 1 heteroatoms. The molecular weight excluding hydrogens is 160 g/mol. The van der Waals surface area contributed by atoms with E-state index in [9.17, 15) is 0 Å². The van der Waals surface area contributed by atoms with Crippen molar-refractivity contribution in [3.05, 3.63) is 23.8 Å². The van der Waals surface area contributed by atoms with E-state index in [0.717, 1.165) is 19.4 Å². The molecule has 1 atom stereocenters. The molecule has 0 amide bonds. The molecule has 0 aromatic rings. The van der Waals surface area contributed by atoms with Crippen LogP contribution in [0.4, 0.5) is 0 Å². The van der Waals surface area contributed by atoms with Crippen molar-refractivity contribution in [3.63, 3.8) is 0 Å². The fraction of sp³-hybridized carbons (Fsp3) is 0.667. The molecule has 0 N–H and O–H groups in total. The molecule has 0 unspecified atom stereocenters. The van der Waals surface area contributed by atoms with E-state index in [1.807, 2.05) is 6.08 Å². The molecule has 0 aromatic carbocycles. The van der Waals surface area contributed by atoms with Gasteiger partial charge in [-0.1, -0.05) is 31.6 Å². The molecule has 0 aromatic heterocycles. The summed E-state index contributed by atoms with van der Waals surface area (Å²) in [6, 6.07) is 0. The maximum absolute atomic E-state index is 5.62. The molecule has 1 rings (SSSR count). The first-order chi connectivity index (χ1) is 6.31. The molecule has 1 aliphatic carbocycles. The highest BCUT2D eigenvalue weighted by Gasteiger charge is 2.21. The van der Waals surface area contributed by atoms with Crippen molar-refractivity contribution in [2.75, 3.05) is 6.61 Å². The summed E-state index contributed by atoms with van der Waals surface area (Å²) >= 11 is 0. The van der Waals surface area contributed by atoms with Crippen LogP contribution in [0.25, 0.3) is 0 Å². The Balaban J connectivity index is 2.52. The second-order valence-electron chi connectivity index (χ2n) is 3.57. The molecule has 1 nitrogen and oxygen atoms in total. The number of allylic oxidation sites excluding steroid dienone is 1. The minimum atomic E-state index is 0.430. The number of hydrogen-bond acceptors (Lipinski definition) is 1. The van der Waals surface area contributed by atoms with E-state index < -0.39 is 0 Å². The lowest BCUT2D eigenvalue weighted by Gasteiger charge is -2.09. The van der Waals surface area contributed by atoms with Gasteiger partial charge in [0.05, 0.1) is 6.10 Å². The predicted molar refractivity (Wildman–Crippen MR) is 56.8 cm³/mol. The van der Waals surface area contributed by atoms with Gasteiger partial charge < -0.3 is 4.74 Å². The van der Waals surface area contributed by atoms with Crippen molar-refractivity contribution in [3.8, 4) is 0 Å². The maximum atomic E-state index is 5.62. The van der Waals surface area contributed by atoms with Crippen LogP contribution in [0, 0.1) is 0 Å². The van der Waals surface area contributed by atoms with Crippen LogP contribution in [-0.4, -0.2) is 12.7 Å². The highest BCUT2D eigenvalue weighted by atomic mass is 16.5. The summed E-state index contributed by atoms with van der Waals surface area (Å²) in [4.78, 5) is 0. The summed E-state index contributed by atoms with van der Waals surface area (Å²) in [6.07, 6.45) is 7.08. The van der Waals surface area contributed by atoms with E-state index in [2.05, 4.69) is 20.4 Å². The van der Waals surface area contributed by atoms with E-state index in [1.165, 1.54) is 18.4 Å². The summed E-state index contributed by atoms with van der Waals surface area (Å²) in [5.41, 5.74) is 3.00. The van der Waals surface area contributed by atoms with Gasteiger partial charge in [0.1, 0.15) is 0 Å². The van der Waals surface area contributed by atoms with Crippen molar-refractivity contribution in [1.29, 1.82) is 0 Å². The molecule has 0 saturated carbocycles. The summed E-state index contributed by atoms with van der Waals surface area (Å²) in [7, 11) is 0. The smallest absolute Gasteiger partial charge is 0.0652 e. The molecule has 0 radical (unpaired) electrons. The molecule has 1 aliphatic rings. The lowest BCUT2D eigenvalue weighted by Crippen LogP contribution is -2.08. The monoisotopic (exact) mass is 180 g/mol. The maximum Gasteiger partial charge on any atom is 0.0652 e. The van der Waals surface area contributed by atoms with E-state index in [0.29, 0.717) is 6.10 Å². The average Bonchev–Trinajstić information content (AvgIpc) is 2.49. The summed E-state index contributed by atoms with van der Waals surface area (Å²) in [6.45, 7) is 8.97. The first kappa shape index (κ1) is 10.5.